The van der Waals surface area contributed by atoms with Crippen LogP contribution in [0.1, 0.15) is 30.6 Å². The molecule has 1 fully saturated rings. The predicted molar refractivity (Wildman–Crippen MR) is 76.2 cm³/mol. The van der Waals surface area contributed by atoms with Crippen molar-refractivity contribution < 1.29 is 4.79 Å². The second kappa shape index (κ2) is 6.25. The van der Waals surface area contributed by atoms with E-state index in [-0.39, 0.29) is 11.9 Å². The van der Waals surface area contributed by atoms with Gasteiger partial charge in [-0.05, 0) is 37.2 Å². The van der Waals surface area contributed by atoms with E-state index in [9.17, 15) is 4.79 Å². The SMILES string of the molecule is CC(C)Sc1ccc(C(=O)NC2CCNC2)cc1. The summed E-state index contributed by atoms with van der Waals surface area (Å²) in [6.45, 7) is 6.21. The first-order valence-electron chi connectivity index (χ1n) is 6.43. The molecule has 1 saturated heterocycles. The maximum atomic E-state index is 12.0. The van der Waals surface area contributed by atoms with E-state index >= 15 is 0 Å². The highest BCUT2D eigenvalue weighted by Gasteiger charge is 2.17. The number of hydrogen-bond acceptors (Lipinski definition) is 3. The van der Waals surface area contributed by atoms with Crippen molar-refractivity contribution in [2.24, 2.45) is 0 Å². The molecule has 0 radical (unpaired) electrons. The maximum Gasteiger partial charge on any atom is 0.251 e. The molecule has 0 bridgehead atoms. The summed E-state index contributed by atoms with van der Waals surface area (Å²) in [6, 6.07) is 8.13. The van der Waals surface area contributed by atoms with Crippen LogP contribution in [-0.2, 0) is 0 Å². The lowest BCUT2D eigenvalue weighted by molar-refractivity contribution is 0.0940. The third-order valence-corrected chi connectivity index (χ3v) is 3.90. The molecule has 1 amide bonds. The van der Waals surface area contributed by atoms with Gasteiger partial charge in [0, 0.05) is 28.3 Å². The van der Waals surface area contributed by atoms with E-state index in [0.717, 1.165) is 25.1 Å². The van der Waals surface area contributed by atoms with Gasteiger partial charge < -0.3 is 10.6 Å². The molecule has 1 aromatic rings. The molecule has 18 heavy (non-hydrogen) atoms. The van der Waals surface area contributed by atoms with Crippen LogP contribution in [0.3, 0.4) is 0 Å². The van der Waals surface area contributed by atoms with Gasteiger partial charge in [0.1, 0.15) is 0 Å². The number of hydrogen-bond donors (Lipinski definition) is 2. The molecule has 0 saturated carbocycles. The molecule has 3 nitrogen and oxygen atoms in total. The minimum Gasteiger partial charge on any atom is -0.348 e. The molecule has 1 aliphatic rings. The minimum atomic E-state index is 0.0322. The van der Waals surface area contributed by atoms with Crippen LogP contribution in [0, 0.1) is 0 Å². The van der Waals surface area contributed by atoms with E-state index in [1.165, 1.54) is 4.90 Å². The van der Waals surface area contributed by atoms with Crippen LogP contribution >= 0.6 is 11.8 Å². The zero-order valence-corrected chi connectivity index (χ0v) is 11.7. The summed E-state index contributed by atoms with van der Waals surface area (Å²) in [5, 5.41) is 6.85. The van der Waals surface area contributed by atoms with Gasteiger partial charge in [-0.3, -0.25) is 4.79 Å². The fourth-order valence-corrected chi connectivity index (χ4v) is 2.84. The molecule has 98 valence electrons. The quantitative estimate of drug-likeness (QED) is 0.820. The lowest BCUT2D eigenvalue weighted by Crippen LogP contribution is -2.36. The van der Waals surface area contributed by atoms with Gasteiger partial charge in [0.25, 0.3) is 5.91 Å². The summed E-state index contributed by atoms with van der Waals surface area (Å²) in [6.07, 6.45) is 1.02. The largest absolute Gasteiger partial charge is 0.348 e. The van der Waals surface area contributed by atoms with E-state index in [0.29, 0.717) is 5.25 Å². The van der Waals surface area contributed by atoms with Crippen molar-refractivity contribution >= 4 is 17.7 Å². The van der Waals surface area contributed by atoms with Gasteiger partial charge in [-0.1, -0.05) is 13.8 Å². The van der Waals surface area contributed by atoms with Crippen LogP contribution in [0.5, 0.6) is 0 Å². The second-order valence-corrected chi connectivity index (χ2v) is 6.50. The van der Waals surface area contributed by atoms with Crippen LogP contribution in [0.4, 0.5) is 0 Å². The van der Waals surface area contributed by atoms with Crippen LogP contribution in [0.15, 0.2) is 29.2 Å². The zero-order chi connectivity index (χ0) is 13.0. The first-order chi connectivity index (χ1) is 8.65. The Morgan fingerprint density at radius 3 is 2.67 bits per heavy atom. The molecular formula is C14H20N2OS. The number of thioether (sulfide) groups is 1. The first-order valence-corrected chi connectivity index (χ1v) is 7.31. The van der Waals surface area contributed by atoms with Gasteiger partial charge in [-0.15, -0.1) is 11.8 Å². The average Bonchev–Trinajstić information content (AvgIpc) is 2.82. The van der Waals surface area contributed by atoms with E-state index < -0.39 is 0 Å². The number of rotatable bonds is 4. The van der Waals surface area contributed by atoms with Crippen LogP contribution in [0.2, 0.25) is 0 Å². The van der Waals surface area contributed by atoms with E-state index in [1.807, 2.05) is 36.0 Å². The lowest BCUT2D eigenvalue weighted by atomic mass is 10.2. The summed E-state index contributed by atoms with van der Waals surface area (Å²) in [4.78, 5) is 13.2. The summed E-state index contributed by atoms with van der Waals surface area (Å²) >= 11 is 1.81. The number of carbonyl (C=O) groups excluding carboxylic acids is 1. The van der Waals surface area contributed by atoms with Gasteiger partial charge in [0.15, 0.2) is 0 Å². The number of amides is 1. The third-order valence-electron chi connectivity index (χ3n) is 2.88. The van der Waals surface area contributed by atoms with Crippen molar-refractivity contribution in [3.8, 4) is 0 Å². The van der Waals surface area contributed by atoms with Crippen molar-refractivity contribution in [1.29, 1.82) is 0 Å². The monoisotopic (exact) mass is 264 g/mol. The fourth-order valence-electron chi connectivity index (χ4n) is 2.00. The lowest BCUT2D eigenvalue weighted by Gasteiger charge is -2.11. The minimum absolute atomic E-state index is 0.0322. The Labute approximate surface area is 113 Å². The second-order valence-electron chi connectivity index (χ2n) is 4.85. The molecule has 4 heteroatoms. The summed E-state index contributed by atoms with van der Waals surface area (Å²) in [5.41, 5.74) is 0.745. The van der Waals surface area contributed by atoms with Gasteiger partial charge in [0.2, 0.25) is 0 Å². The Morgan fingerprint density at radius 2 is 2.11 bits per heavy atom. The summed E-state index contributed by atoms with van der Waals surface area (Å²) in [5.74, 6) is 0.0322. The molecule has 1 aliphatic heterocycles. The molecule has 1 heterocycles. The van der Waals surface area contributed by atoms with Gasteiger partial charge in [-0.25, -0.2) is 0 Å². The number of benzene rings is 1. The zero-order valence-electron chi connectivity index (χ0n) is 10.9. The average molecular weight is 264 g/mol. The Hall–Kier alpha value is -1.00. The molecule has 1 atom stereocenters. The highest BCUT2D eigenvalue weighted by Crippen LogP contribution is 2.22. The molecule has 0 aliphatic carbocycles. The molecule has 0 spiro atoms. The maximum absolute atomic E-state index is 12.0. The molecule has 0 aromatic heterocycles. The normalized spacial score (nSPS) is 19.2. The van der Waals surface area contributed by atoms with E-state index in [2.05, 4.69) is 24.5 Å². The summed E-state index contributed by atoms with van der Waals surface area (Å²) in [7, 11) is 0. The van der Waals surface area contributed by atoms with Crippen molar-refractivity contribution in [3.63, 3.8) is 0 Å². The van der Waals surface area contributed by atoms with Gasteiger partial charge >= 0.3 is 0 Å². The van der Waals surface area contributed by atoms with Crippen molar-refractivity contribution in [3.05, 3.63) is 29.8 Å². The molecule has 2 rings (SSSR count). The Bertz CT molecular complexity index is 397. The number of nitrogens with one attached hydrogen (secondary N) is 2. The molecule has 2 N–H and O–H groups in total. The van der Waals surface area contributed by atoms with E-state index in [4.69, 9.17) is 0 Å². The Balaban J connectivity index is 1.93. The van der Waals surface area contributed by atoms with Crippen LogP contribution in [-0.4, -0.2) is 30.3 Å². The Kier molecular flexibility index (Phi) is 4.66. The third kappa shape index (κ3) is 3.75. The van der Waals surface area contributed by atoms with Crippen molar-refractivity contribution in [2.45, 2.75) is 36.5 Å². The summed E-state index contributed by atoms with van der Waals surface area (Å²) < 4.78 is 0. The smallest absolute Gasteiger partial charge is 0.251 e. The predicted octanol–water partition coefficient (Wildman–Crippen LogP) is 2.28. The van der Waals surface area contributed by atoms with Crippen molar-refractivity contribution in [1.82, 2.24) is 10.6 Å². The Morgan fingerprint density at radius 1 is 1.39 bits per heavy atom. The topological polar surface area (TPSA) is 41.1 Å². The van der Waals surface area contributed by atoms with Gasteiger partial charge in [0.05, 0.1) is 0 Å². The van der Waals surface area contributed by atoms with Crippen LogP contribution < -0.4 is 10.6 Å². The van der Waals surface area contributed by atoms with Crippen LogP contribution in [0.25, 0.3) is 0 Å². The standard InChI is InChI=1S/C14H20N2OS/c1-10(2)18-13-5-3-11(4-6-13)14(17)16-12-7-8-15-9-12/h3-6,10,12,15H,7-9H2,1-2H3,(H,16,17). The van der Waals surface area contributed by atoms with Gasteiger partial charge in [-0.2, -0.15) is 0 Å². The molecule has 1 unspecified atom stereocenters. The van der Waals surface area contributed by atoms with Crippen molar-refractivity contribution in [2.75, 3.05) is 13.1 Å². The fraction of sp³-hybridized carbons (Fsp3) is 0.500. The first kappa shape index (κ1) is 13.4. The molecular weight excluding hydrogens is 244 g/mol. The number of carbonyl (C=O) groups is 1. The van der Waals surface area contributed by atoms with E-state index in [1.54, 1.807) is 0 Å². The highest BCUT2D eigenvalue weighted by molar-refractivity contribution is 7.99. The molecule has 1 aromatic carbocycles. The highest BCUT2D eigenvalue weighted by atomic mass is 32.2.